The molecule has 0 spiro atoms. The number of benzene rings is 2. The first-order chi connectivity index (χ1) is 17.4. The maximum Gasteiger partial charge on any atom is 0.262 e. The van der Waals surface area contributed by atoms with Crippen LogP contribution in [0.15, 0.2) is 45.6 Å². The Labute approximate surface area is 213 Å². The second kappa shape index (κ2) is 9.63. The number of nitrogens with zero attached hydrogens (tertiary/aromatic N) is 1. The van der Waals surface area contributed by atoms with E-state index in [1.54, 1.807) is 6.07 Å². The van der Waals surface area contributed by atoms with E-state index in [1.807, 2.05) is 51.1 Å². The molecule has 1 aliphatic carbocycles. The van der Waals surface area contributed by atoms with Gasteiger partial charge in [0.15, 0.2) is 12.4 Å². The van der Waals surface area contributed by atoms with Crippen molar-refractivity contribution in [3.63, 3.8) is 0 Å². The van der Waals surface area contributed by atoms with Crippen molar-refractivity contribution >= 4 is 33.2 Å². The molecule has 2 aromatic carbocycles. The predicted octanol–water partition coefficient (Wildman–Crippen LogP) is 6.21. The predicted molar refractivity (Wildman–Crippen MR) is 142 cm³/mol. The maximum absolute atomic E-state index is 13.5. The average molecular weight is 499 g/mol. The minimum absolute atomic E-state index is 0.00395. The summed E-state index contributed by atoms with van der Waals surface area (Å²) >= 11 is 1.46. The van der Waals surface area contributed by atoms with E-state index < -0.39 is 5.91 Å². The topological polar surface area (TPSA) is 92.3 Å². The van der Waals surface area contributed by atoms with Crippen LogP contribution in [-0.2, 0) is 17.6 Å². The Morgan fingerprint density at radius 2 is 1.83 bits per heavy atom. The highest BCUT2D eigenvalue weighted by Gasteiger charge is 2.23. The monoisotopic (exact) mass is 498 g/mol. The van der Waals surface area contributed by atoms with Gasteiger partial charge in [0.1, 0.15) is 16.7 Å². The zero-order valence-corrected chi connectivity index (χ0v) is 21.3. The molecule has 36 heavy (non-hydrogen) atoms. The van der Waals surface area contributed by atoms with E-state index in [1.165, 1.54) is 11.3 Å². The Balaban J connectivity index is 1.48. The number of nitriles is 1. The van der Waals surface area contributed by atoms with Crippen LogP contribution in [0.4, 0.5) is 5.00 Å². The molecular weight excluding hydrogens is 472 g/mol. The standard InChI is InChI=1S/C29H26N2O4S/c1-16-8-10-19(11-9-16)27-28(26(33)21-12-17(2)18(3)13-23(21)35-27)34-15-25(32)31-29-22(14-30)20-6-4-5-7-24(20)36-29/h8-13H,4-7,15H2,1-3H3,(H,31,32). The number of fused-ring (bicyclic) bond motifs is 2. The van der Waals surface area contributed by atoms with Gasteiger partial charge in [-0.1, -0.05) is 29.8 Å². The summed E-state index contributed by atoms with van der Waals surface area (Å²) < 4.78 is 12.0. The number of hydrogen-bond donors (Lipinski definition) is 1. The van der Waals surface area contributed by atoms with Gasteiger partial charge in [0, 0.05) is 10.4 Å². The fraction of sp³-hybridized carbons (Fsp3) is 0.276. The number of rotatable bonds is 5. The molecular formula is C29H26N2O4S. The number of nitrogens with one attached hydrogen (secondary N) is 1. The Kier molecular flexibility index (Phi) is 6.38. The van der Waals surface area contributed by atoms with Crippen molar-refractivity contribution in [1.29, 1.82) is 5.26 Å². The molecule has 6 nitrogen and oxygen atoms in total. The van der Waals surface area contributed by atoms with Crippen molar-refractivity contribution in [2.24, 2.45) is 0 Å². The molecule has 0 radical (unpaired) electrons. The molecule has 0 atom stereocenters. The average Bonchev–Trinajstić information content (AvgIpc) is 3.22. The largest absolute Gasteiger partial charge is 0.476 e. The van der Waals surface area contributed by atoms with Crippen LogP contribution < -0.4 is 15.5 Å². The first kappa shape index (κ1) is 23.8. The van der Waals surface area contributed by atoms with Crippen LogP contribution in [0.25, 0.3) is 22.3 Å². The molecule has 0 bridgehead atoms. The van der Waals surface area contributed by atoms with E-state index in [9.17, 15) is 14.9 Å². The molecule has 0 saturated heterocycles. The third kappa shape index (κ3) is 4.40. The fourth-order valence-corrected chi connectivity index (χ4v) is 5.79. The zero-order chi connectivity index (χ0) is 25.4. The Morgan fingerprint density at radius 3 is 2.58 bits per heavy atom. The van der Waals surface area contributed by atoms with Gasteiger partial charge in [-0.2, -0.15) is 5.26 Å². The second-order valence-electron chi connectivity index (χ2n) is 9.25. The third-order valence-electron chi connectivity index (χ3n) is 6.66. The van der Waals surface area contributed by atoms with Crippen LogP contribution in [0.1, 0.15) is 45.5 Å². The summed E-state index contributed by atoms with van der Waals surface area (Å²) in [5.74, 6) is -0.150. The van der Waals surface area contributed by atoms with Crippen LogP contribution in [0, 0.1) is 32.1 Å². The third-order valence-corrected chi connectivity index (χ3v) is 7.87. The SMILES string of the molecule is Cc1ccc(-c2oc3cc(C)c(C)cc3c(=O)c2OCC(=O)Nc2sc3c(c2C#N)CCCC3)cc1. The summed E-state index contributed by atoms with van der Waals surface area (Å²) in [6.45, 7) is 5.50. The number of thiophene rings is 1. The molecule has 1 aliphatic rings. The van der Waals surface area contributed by atoms with Gasteiger partial charge in [0.2, 0.25) is 11.2 Å². The van der Waals surface area contributed by atoms with Gasteiger partial charge in [0.25, 0.3) is 5.91 Å². The number of carbonyl (C=O) groups excluding carboxylic acids is 1. The van der Waals surface area contributed by atoms with Gasteiger partial charge in [-0.15, -0.1) is 11.3 Å². The quantitative estimate of drug-likeness (QED) is 0.353. The minimum Gasteiger partial charge on any atom is -0.476 e. The molecule has 0 saturated carbocycles. The summed E-state index contributed by atoms with van der Waals surface area (Å²) in [5, 5.41) is 13.4. The molecule has 4 aromatic rings. The lowest BCUT2D eigenvalue weighted by Gasteiger charge is -2.13. The lowest BCUT2D eigenvalue weighted by atomic mass is 9.96. The van der Waals surface area contributed by atoms with E-state index in [2.05, 4.69) is 11.4 Å². The summed E-state index contributed by atoms with van der Waals surface area (Å²) in [7, 11) is 0. The fourth-order valence-electron chi connectivity index (χ4n) is 4.53. The number of aryl methyl sites for hydroxylation is 4. The van der Waals surface area contributed by atoms with Crippen molar-refractivity contribution in [2.75, 3.05) is 11.9 Å². The Bertz CT molecular complexity index is 1590. The number of hydrogen-bond acceptors (Lipinski definition) is 6. The van der Waals surface area contributed by atoms with Gasteiger partial charge < -0.3 is 14.5 Å². The number of carbonyl (C=O) groups is 1. The maximum atomic E-state index is 13.5. The summed E-state index contributed by atoms with van der Waals surface area (Å²) in [4.78, 5) is 27.5. The van der Waals surface area contributed by atoms with E-state index in [0.717, 1.165) is 52.8 Å². The number of amides is 1. The second-order valence-corrected chi connectivity index (χ2v) is 10.4. The van der Waals surface area contributed by atoms with E-state index in [4.69, 9.17) is 9.15 Å². The molecule has 0 aliphatic heterocycles. The molecule has 0 unspecified atom stereocenters. The van der Waals surface area contributed by atoms with Crippen molar-refractivity contribution in [3.8, 4) is 23.1 Å². The Hall–Kier alpha value is -3.89. The van der Waals surface area contributed by atoms with Gasteiger partial charge in [-0.05, 0) is 75.3 Å². The summed E-state index contributed by atoms with van der Waals surface area (Å²) in [5.41, 5.74) is 5.47. The van der Waals surface area contributed by atoms with Gasteiger partial charge in [0.05, 0.1) is 10.9 Å². The van der Waals surface area contributed by atoms with Crippen LogP contribution >= 0.6 is 11.3 Å². The molecule has 5 rings (SSSR count). The first-order valence-electron chi connectivity index (χ1n) is 12.0. The van der Waals surface area contributed by atoms with E-state index in [-0.39, 0.29) is 23.5 Å². The number of ether oxygens (including phenoxy) is 1. The molecule has 182 valence electrons. The van der Waals surface area contributed by atoms with Crippen molar-refractivity contribution in [1.82, 2.24) is 0 Å². The van der Waals surface area contributed by atoms with Crippen molar-refractivity contribution in [2.45, 2.75) is 46.5 Å². The lowest BCUT2D eigenvalue weighted by Crippen LogP contribution is -2.22. The van der Waals surface area contributed by atoms with E-state index in [0.29, 0.717) is 27.1 Å². The Morgan fingerprint density at radius 1 is 1.11 bits per heavy atom. The summed E-state index contributed by atoms with van der Waals surface area (Å²) in [6.07, 6.45) is 3.93. The smallest absolute Gasteiger partial charge is 0.262 e. The molecule has 7 heteroatoms. The van der Waals surface area contributed by atoms with Gasteiger partial charge in [-0.25, -0.2) is 0 Å². The van der Waals surface area contributed by atoms with Crippen LogP contribution in [-0.4, -0.2) is 12.5 Å². The highest BCUT2D eigenvalue weighted by Crippen LogP contribution is 2.38. The molecule has 2 heterocycles. The lowest BCUT2D eigenvalue weighted by molar-refractivity contribution is -0.118. The molecule has 1 N–H and O–H groups in total. The first-order valence-corrected chi connectivity index (χ1v) is 12.8. The molecule has 1 amide bonds. The van der Waals surface area contributed by atoms with Crippen molar-refractivity contribution < 1.29 is 13.9 Å². The molecule has 0 fully saturated rings. The number of anilines is 1. The van der Waals surface area contributed by atoms with Crippen LogP contribution in [0.3, 0.4) is 0 Å². The molecule has 2 aromatic heterocycles. The van der Waals surface area contributed by atoms with E-state index >= 15 is 0 Å². The van der Waals surface area contributed by atoms with Crippen LogP contribution in [0.5, 0.6) is 5.75 Å². The minimum atomic E-state index is -0.431. The highest BCUT2D eigenvalue weighted by atomic mass is 32.1. The van der Waals surface area contributed by atoms with Crippen molar-refractivity contribution in [3.05, 3.63) is 79.3 Å². The highest BCUT2D eigenvalue weighted by molar-refractivity contribution is 7.16. The van der Waals surface area contributed by atoms with Gasteiger partial charge in [-0.3, -0.25) is 9.59 Å². The zero-order valence-electron chi connectivity index (χ0n) is 20.5. The summed E-state index contributed by atoms with van der Waals surface area (Å²) in [6, 6.07) is 13.5. The van der Waals surface area contributed by atoms with Crippen LogP contribution in [0.2, 0.25) is 0 Å². The van der Waals surface area contributed by atoms with Gasteiger partial charge >= 0.3 is 0 Å². The normalized spacial score (nSPS) is 12.7.